The molecule has 3 rings (SSSR count). The molecule has 152 valence electrons. The number of carbonyl (C=O) groups is 1. The van der Waals surface area contributed by atoms with Gasteiger partial charge in [0.2, 0.25) is 5.88 Å². The third kappa shape index (κ3) is 5.41. The van der Waals surface area contributed by atoms with Crippen molar-refractivity contribution in [3.05, 3.63) is 59.6 Å². The lowest BCUT2D eigenvalue weighted by atomic mass is 10.1. The van der Waals surface area contributed by atoms with Gasteiger partial charge in [-0.2, -0.15) is 0 Å². The van der Waals surface area contributed by atoms with Gasteiger partial charge in [-0.15, -0.1) is 18.3 Å². The number of hydrogen-bond donors (Lipinski definition) is 0. The number of aromatic nitrogens is 2. The van der Waals surface area contributed by atoms with Crippen molar-refractivity contribution in [3.63, 3.8) is 0 Å². The van der Waals surface area contributed by atoms with Crippen molar-refractivity contribution in [1.82, 2.24) is 9.78 Å². The molecule has 0 fully saturated rings. The number of nitrogens with zero attached hydrogens (tertiary/aromatic N) is 2. The Balaban J connectivity index is 2.05. The molecule has 1 aromatic heterocycles. The smallest absolute Gasteiger partial charge is 0.434 e. The molecule has 0 aliphatic heterocycles. The zero-order valence-electron chi connectivity index (χ0n) is 14.9. The first kappa shape index (κ1) is 20.5. The summed E-state index contributed by atoms with van der Waals surface area (Å²) in [5, 5.41) is 4.62. The lowest BCUT2D eigenvalue weighted by molar-refractivity contribution is -0.274. The largest absolute Gasteiger partial charge is 0.573 e. The van der Waals surface area contributed by atoms with Crippen LogP contribution in [0.1, 0.15) is 6.92 Å². The third-order valence-corrected chi connectivity index (χ3v) is 3.79. The lowest BCUT2D eigenvalue weighted by Crippen LogP contribution is -2.17. The SMILES string of the molecule is CCOC(=O)Oc1cc(-c2cccc(OC(F)(F)F)c2)n(-c2cccc(Cl)c2)n1. The van der Waals surface area contributed by atoms with Crippen LogP contribution in [0.2, 0.25) is 5.02 Å². The Kier molecular flexibility index (Phi) is 5.97. The van der Waals surface area contributed by atoms with Crippen LogP contribution in [0.5, 0.6) is 11.6 Å². The van der Waals surface area contributed by atoms with Gasteiger partial charge in [-0.1, -0.05) is 29.8 Å². The summed E-state index contributed by atoms with van der Waals surface area (Å²) in [6.45, 7) is 1.72. The summed E-state index contributed by atoms with van der Waals surface area (Å²) in [6.07, 6.45) is -5.78. The molecule has 0 unspecified atom stereocenters. The molecule has 3 aromatic rings. The molecular weight excluding hydrogens is 413 g/mol. The second kappa shape index (κ2) is 8.44. The molecule has 29 heavy (non-hydrogen) atoms. The van der Waals surface area contributed by atoms with Gasteiger partial charge >= 0.3 is 12.5 Å². The van der Waals surface area contributed by atoms with Crippen LogP contribution in [-0.2, 0) is 4.74 Å². The second-order valence-electron chi connectivity index (χ2n) is 5.62. The van der Waals surface area contributed by atoms with E-state index in [-0.39, 0.29) is 12.5 Å². The van der Waals surface area contributed by atoms with Gasteiger partial charge in [0, 0.05) is 16.7 Å². The van der Waals surface area contributed by atoms with Crippen molar-refractivity contribution < 1.29 is 32.2 Å². The highest BCUT2D eigenvalue weighted by molar-refractivity contribution is 6.30. The summed E-state index contributed by atoms with van der Waals surface area (Å²) < 4.78 is 52.8. The van der Waals surface area contributed by atoms with Gasteiger partial charge in [0.15, 0.2) is 0 Å². The van der Waals surface area contributed by atoms with Crippen LogP contribution in [0.3, 0.4) is 0 Å². The van der Waals surface area contributed by atoms with E-state index in [1.807, 2.05) is 0 Å². The standard InChI is InChI=1S/C19H14ClF3N2O4/c1-2-27-18(26)28-17-11-16(25(24-17)14-7-4-6-13(20)10-14)12-5-3-8-15(9-12)29-19(21,22)23/h3-11H,2H2,1H3. The van der Waals surface area contributed by atoms with Crippen molar-refractivity contribution in [3.8, 4) is 28.6 Å². The summed E-state index contributed by atoms with van der Waals surface area (Å²) in [5.74, 6) is -0.498. The summed E-state index contributed by atoms with van der Waals surface area (Å²) >= 11 is 6.03. The van der Waals surface area contributed by atoms with Gasteiger partial charge in [-0.25, -0.2) is 9.48 Å². The molecule has 6 nitrogen and oxygen atoms in total. The van der Waals surface area contributed by atoms with Crippen LogP contribution >= 0.6 is 11.6 Å². The quantitative estimate of drug-likeness (QED) is 0.495. The number of ether oxygens (including phenoxy) is 3. The highest BCUT2D eigenvalue weighted by atomic mass is 35.5. The van der Waals surface area contributed by atoms with E-state index in [4.69, 9.17) is 21.1 Å². The predicted molar refractivity (Wildman–Crippen MR) is 98.3 cm³/mol. The van der Waals surface area contributed by atoms with E-state index in [0.29, 0.717) is 22.0 Å². The summed E-state index contributed by atoms with van der Waals surface area (Å²) in [4.78, 5) is 11.6. The molecule has 0 atom stereocenters. The molecule has 2 aromatic carbocycles. The van der Waals surface area contributed by atoms with E-state index in [1.54, 1.807) is 37.3 Å². The zero-order chi connectivity index (χ0) is 21.0. The topological polar surface area (TPSA) is 62.6 Å². The van der Waals surface area contributed by atoms with Gasteiger partial charge < -0.3 is 14.2 Å². The van der Waals surface area contributed by atoms with Crippen molar-refractivity contribution in [2.24, 2.45) is 0 Å². The minimum Gasteiger partial charge on any atom is -0.434 e. The first-order chi connectivity index (χ1) is 13.7. The lowest BCUT2D eigenvalue weighted by Gasteiger charge is -2.11. The second-order valence-corrected chi connectivity index (χ2v) is 6.06. The third-order valence-electron chi connectivity index (χ3n) is 3.55. The molecule has 0 saturated heterocycles. The van der Waals surface area contributed by atoms with Gasteiger partial charge in [0.05, 0.1) is 18.0 Å². The van der Waals surface area contributed by atoms with Crippen molar-refractivity contribution in [2.75, 3.05) is 6.61 Å². The number of rotatable bonds is 5. The number of alkyl halides is 3. The Morgan fingerprint density at radius 2 is 1.90 bits per heavy atom. The van der Waals surface area contributed by atoms with Crippen molar-refractivity contribution >= 4 is 17.8 Å². The van der Waals surface area contributed by atoms with Crippen LogP contribution in [0.15, 0.2) is 54.6 Å². The number of halogens is 4. The van der Waals surface area contributed by atoms with Crippen LogP contribution in [-0.4, -0.2) is 28.9 Å². The Morgan fingerprint density at radius 3 is 2.59 bits per heavy atom. The van der Waals surface area contributed by atoms with Gasteiger partial charge in [-0.3, -0.25) is 0 Å². The van der Waals surface area contributed by atoms with Crippen molar-refractivity contribution in [1.29, 1.82) is 0 Å². The minimum atomic E-state index is -4.83. The van der Waals surface area contributed by atoms with E-state index >= 15 is 0 Å². The monoisotopic (exact) mass is 426 g/mol. The van der Waals surface area contributed by atoms with E-state index in [2.05, 4.69) is 9.84 Å². The predicted octanol–water partition coefficient (Wildman–Crippen LogP) is 5.63. The van der Waals surface area contributed by atoms with E-state index in [9.17, 15) is 18.0 Å². The maximum atomic E-state index is 12.6. The molecule has 0 spiro atoms. The number of carbonyl (C=O) groups excluding carboxylic acids is 1. The Hall–Kier alpha value is -3.20. The first-order valence-electron chi connectivity index (χ1n) is 8.32. The maximum Gasteiger partial charge on any atom is 0.573 e. The maximum absolute atomic E-state index is 12.6. The summed E-state index contributed by atoms with van der Waals surface area (Å²) in [7, 11) is 0. The average Bonchev–Trinajstić information content (AvgIpc) is 3.04. The molecule has 0 saturated carbocycles. The van der Waals surface area contributed by atoms with Crippen LogP contribution in [0.4, 0.5) is 18.0 Å². The number of benzene rings is 2. The molecular formula is C19H14ClF3N2O4. The Morgan fingerprint density at radius 1 is 1.14 bits per heavy atom. The molecule has 0 aliphatic carbocycles. The molecule has 1 heterocycles. The van der Waals surface area contributed by atoms with E-state index < -0.39 is 18.3 Å². The fraction of sp³-hybridized carbons (Fsp3) is 0.158. The van der Waals surface area contributed by atoms with Crippen LogP contribution in [0, 0.1) is 0 Å². The normalized spacial score (nSPS) is 11.2. The molecule has 0 radical (unpaired) electrons. The van der Waals surface area contributed by atoms with Crippen molar-refractivity contribution in [2.45, 2.75) is 13.3 Å². The number of hydrogen-bond acceptors (Lipinski definition) is 5. The summed E-state index contributed by atoms with van der Waals surface area (Å²) in [5.41, 5.74) is 1.20. The molecule has 0 N–H and O–H groups in total. The van der Waals surface area contributed by atoms with Crippen LogP contribution < -0.4 is 9.47 Å². The van der Waals surface area contributed by atoms with Gasteiger partial charge in [0.25, 0.3) is 0 Å². The molecule has 10 heteroatoms. The van der Waals surface area contributed by atoms with E-state index in [1.165, 1.54) is 28.9 Å². The Labute approximate surface area is 168 Å². The fourth-order valence-corrected chi connectivity index (χ4v) is 2.69. The van der Waals surface area contributed by atoms with E-state index in [0.717, 1.165) is 0 Å². The zero-order valence-corrected chi connectivity index (χ0v) is 15.7. The average molecular weight is 427 g/mol. The van der Waals surface area contributed by atoms with Gasteiger partial charge in [-0.05, 0) is 37.3 Å². The summed E-state index contributed by atoms with van der Waals surface area (Å²) in [6, 6.07) is 13.3. The first-order valence-corrected chi connectivity index (χ1v) is 8.70. The molecule has 0 bridgehead atoms. The highest BCUT2D eigenvalue weighted by Crippen LogP contribution is 2.32. The molecule has 0 aliphatic rings. The highest BCUT2D eigenvalue weighted by Gasteiger charge is 2.31. The fourth-order valence-electron chi connectivity index (χ4n) is 2.50. The Bertz CT molecular complexity index is 1020. The molecule has 0 amide bonds. The van der Waals surface area contributed by atoms with Crippen LogP contribution in [0.25, 0.3) is 16.9 Å². The minimum absolute atomic E-state index is 0.0967. The van der Waals surface area contributed by atoms with Gasteiger partial charge in [0.1, 0.15) is 5.75 Å².